The second-order valence-corrected chi connectivity index (χ2v) is 14.7. The monoisotopic (exact) mass is 691 g/mol. The summed E-state index contributed by atoms with van der Waals surface area (Å²) in [4.78, 5) is 16.6. The predicted molar refractivity (Wildman–Crippen MR) is 216 cm³/mol. The second kappa shape index (κ2) is 41.3. The van der Waals surface area contributed by atoms with Crippen molar-refractivity contribution in [1.82, 2.24) is 9.80 Å². The quantitative estimate of drug-likeness (QED) is 0.0474. The van der Waals surface area contributed by atoms with Gasteiger partial charge in [-0.05, 0) is 78.3 Å². The third-order valence-corrected chi connectivity index (χ3v) is 9.42. The highest BCUT2D eigenvalue weighted by molar-refractivity contribution is 5.78. The molecule has 0 aromatic carbocycles. The topological polar surface area (TPSA) is 42.0 Å². The highest BCUT2D eigenvalue weighted by Gasteiger charge is 2.14. The maximum Gasteiger partial charge on any atom is 0.236 e. The fourth-order valence-corrected chi connectivity index (χ4v) is 6.19. The minimum Gasteiger partial charge on any atom is -0.380 e. The fraction of sp³-hybridized carbons (Fsp3) is 0.886. The number of carbonyl (C=O) groups is 1. The van der Waals surface area contributed by atoms with Crippen LogP contribution in [0.2, 0.25) is 0 Å². The first kappa shape index (κ1) is 47.8. The van der Waals surface area contributed by atoms with Crippen molar-refractivity contribution in [1.29, 1.82) is 0 Å². The molecule has 0 saturated heterocycles. The molecule has 0 aliphatic carbocycles. The van der Waals surface area contributed by atoms with Crippen LogP contribution in [-0.4, -0.2) is 75.9 Å². The Morgan fingerprint density at radius 2 is 0.735 bits per heavy atom. The third kappa shape index (κ3) is 39.5. The van der Waals surface area contributed by atoms with Crippen LogP contribution in [0.15, 0.2) is 24.3 Å². The van der Waals surface area contributed by atoms with Gasteiger partial charge in [-0.2, -0.15) is 0 Å². The van der Waals surface area contributed by atoms with E-state index in [0.29, 0.717) is 32.8 Å². The first-order chi connectivity index (χ1) is 24.1. The number of carbonyl (C=O) groups excluding carboxylic acids is 1. The fourth-order valence-electron chi connectivity index (χ4n) is 6.19. The Morgan fingerprint density at radius 3 is 1.06 bits per heavy atom. The van der Waals surface area contributed by atoms with Gasteiger partial charge in [0.15, 0.2) is 0 Å². The molecule has 0 unspecified atom stereocenters. The minimum absolute atomic E-state index is 0.159. The Bertz CT molecular complexity index is 660. The lowest BCUT2D eigenvalue weighted by molar-refractivity contribution is -0.133. The predicted octanol–water partition coefficient (Wildman–Crippen LogP) is 12.5. The normalized spacial score (nSPS) is 11.9. The highest BCUT2D eigenvalue weighted by atomic mass is 16.5. The van der Waals surface area contributed by atoms with Crippen LogP contribution in [0.4, 0.5) is 0 Å². The Labute approximate surface area is 307 Å². The molecule has 0 N–H and O–H groups in total. The number of allylic oxidation sites excluding steroid dienone is 4. The van der Waals surface area contributed by atoms with Gasteiger partial charge in [-0.3, -0.25) is 4.79 Å². The van der Waals surface area contributed by atoms with Gasteiger partial charge in [-0.1, -0.05) is 154 Å². The van der Waals surface area contributed by atoms with E-state index in [1.54, 1.807) is 0 Å². The number of nitrogens with zero attached hydrogens (tertiary/aromatic N) is 2. The van der Waals surface area contributed by atoms with E-state index in [0.717, 1.165) is 26.1 Å². The number of rotatable bonds is 40. The standard InChI is InChI=1S/C44H86N2O3/c1-5-7-9-11-13-15-17-19-21-23-25-27-29-31-33-35-39-48-41-37-46(44(47)43-45(3)4)38-42-49-40-36-34-32-30-28-26-24-22-20-18-16-14-12-10-8-6-2/h19-22H,5-18,23-43H2,1-4H3. The summed E-state index contributed by atoms with van der Waals surface area (Å²) in [6.07, 6.45) is 46.5. The summed E-state index contributed by atoms with van der Waals surface area (Å²) >= 11 is 0. The van der Waals surface area contributed by atoms with E-state index in [9.17, 15) is 4.79 Å². The lowest BCUT2D eigenvalue weighted by atomic mass is 10.1. The van der Waals surface area contributed by atoms with Crippen molar-refractivity contribution in [2.45, 2.75) is 194 Å². The average Bonchev–Trinajstić information content (AvgIpc) is 3.09. The van der Waals surface area contributed by atoms with Crippen molar-refractivity contribution in [3.05, 3.63) is 24.3 Å². The molecule has 0 saturated carbocycles. The molecule has 1 amide bonds. The molecule has 5 nitrogen and oxygen atoms in total. The van der Waals surface area contributed by atoms with Gasteiger partial charge in [-0.15, -0.1) is 0 Å². The number of amides is 1. The molecular formula is C44H86N2O3. The summed E-state index contributed by atoms with van der Waals surface area (Å²) < 4.78 is 11.8. The van der Waals surface area contributed by atoms with Crippen LogP contribution in [0.5, 0.6) is 0 Å². The zero-order valence-corrected chi connectivity index (χ0v) is 33.7. The number of hydrogen-bond donors (Lipinski definition) is 0. The van der Waals surface area contributed by atoms with Gasteiger partial charge in [0.05, 0.1) is 19.8 Å². The van der Waals surface area contributed by atoms with Crippen LogP contribution >= 0.6 is 0 Å². The number of likely N-dealkylation sites (N-methyl/N-ethyl adjacent to an activating group) is 1. The van der Waals surface area contributed by atoms with E-state index < -0.39 is 0 Å². The van der Waals surface area contributed by atoms with Gasteiger partial charge >= 0.3 is 0 Å². The maximum absolute atomic E-state index is 12.8. The highest BCUT2D eigenvalue weighted by Crippen LogP contribution is 2.12. The number of unbranched alkanes of at least 4 members (excludes halogenated alkanes) is 24. The lowest BCUT2D eigenvalue weighted by Gasteiger charge is -2.24. The summed E-state index contributed by atoms with van der Waals surface area (Å²) in [6, 6.07) is 0. The zero-order chi connectivity index (χ0) is 35.7. The molecule has 0 bridgehead atoms. The molecule has 5 heteroatoms. The molecule has 49 heavy (non-hydrogen) atoms. The first-order valence-electron chi connectivity index (χ1n) is 21.5. The molecular weight excluding hydrogens is 604 g/mol. The van der Waals surface area contributed by atoms with Gasteiger partial charge in [-0.25, -0.2) is 0 Å². The molecule has 0 aliphatic rings. The van der Waals surface area contributed by atoms with Crippen molar-refractivity contribution in [2.24, 2.45) is 0 Å². The van der Waals surface area contributed by atoms with E-state index in [-0.39, 0.29) is 5.91 Å². The molecule has 0 rings (SSSR count). The maximum atomic E-state index is 12.8. The second-order valence-electron chi connectivity index (χ2n) is 14.7. The lowest BCUT2D eigenvalue weighted by Crippen LogP contribution is -2.41. The van der Waals surface area contributed by atoms with Gasteiger partial charge in [0.25, 0.3) is 0 Å². The van der Waals surface area contributed by atoms with E-state index in [2.05, 4.69) is 38.2 Å². The molecule has 0 fully saturated rings. The van der Waals surface area contributed by atoms with Gasteiger partial charge in [0, 0.05) is 26.3 Å². The van der Waals surface area contributed by atoms with Gasteiger partial charge in [0.1, 0.15) is 0 Å². The summed E-state index contributed by atoms with van der Waals surface area (Å²) in [6.45, 7) is 9.11. The Kier molecular flexibility index (Phi) is 40.3. The number of ether oxygens (including phenoxy) is 2. The van der Waals surface area contributed by atoms with Crippen LogP contribution in [0.3, 0.4) is 0 Å². The summed E-state index contributed by atoms with van der Waals surface area (Å²) in [5.74, 6) is 0.159. The van der Waals surface area contributed by atoms with E-state index in [1.807, 2.05) is 23.9 Å². The van der Waals surface area contributed by atoms with Crippen LogP contribution in [0.25, 0.3) is 0 Å². The Hall–Kier alpha value is -1.17. The average molecular weight is 691 g/mol. The summed E-state index contributed by atoms with van der Waals surface area (Å²) in [5, 5.41) is 0. The van der Waals surface area contributed by atoms with E-state index in [1.165, 1.54) is 167 Å². The molecule has 0 atom stereocenters. The molecule has 0 heterocycles. The van der Waals surface area contributed by atoms with Crippen LogP contribution in [0, 0.1) is 0 Å². The smallest absolute Gasteiger partial charge is 0.236 e. The van der Waals surface area contributed by atoms with Crippen LogP contribution < -0.4 is 0 Å². The first-order valence-corrected chi connectivity index (χ1v) is 21.5. The molecule has 0 aromatic rings. The largest absolute Gasteiger partial charge is 0.380 e. The third-order valence-electron chi connectivity index (χ3n) is 9.42. The van der Waals surface area contributed by atoms with Gasteiger partial charge in [0.2, 0.25) is 5.91 Å². The summed E-state index contributed by atoms with van der Waals surface area (Å²) in [7, 11) is 3.90. The minimum atomic E-state index is 0.159. The Balaban J connectivity index is 3.69. The number of hydrogen-bond acceptors (Lipinski definition) is 4. The van der Waals surface area contributed by atoms with Crippen LogP contribution in [0.1, 0.15) is 194 Å². The Morgan fingerprint density at radius 1 is 0.429 bits per heavy atom. The van der Waals surface area contributed by atoms with Crippen LogP contribution in [-0.2, 0) is 14.3 Å². The molecule has 0 spiro atoms. The van der Waals surface area contributed by atoms with Crippen molar-refractivity contribution >= 4 is 5.91 Å². The molecule has 0 aromatic heterocycles. The molecule has 0 radical (unpaired) electrons. The van der Waals surface area contributed by atoms with Crippen molar-refractivity contribution in [3.8, 4) is 0 Å². The van der Waals surface area contributed by atoms with Crippen molar-refractivity contribution in [3.63, 3.8) is 0 Å². The van der Waals surface area contributed by atoms with Crippen molar-refractivity contribution in [2.75, 3.05) is 60.2 Å². The van der Waals surface area contributed by atoms with E-state index in [4.69, 9.17) is 9.47 Å². The summed E-state index contributed by atoms with van der Waals surface area (Å²) in [5.41, 5.74) is 0. The van der Waals surface area contributed by atoms with E-state index >= 15 is 0 Å². The van der Waals surface area contributed by atoms with Crippen molar-refractivity contribution < 1.29 is 14.3 Å². The van der Waals surface area contributed by atoms with Gasteiger partial charge < -0.3 is 19.3 Å². The molecule has 290 valence electrons. The zero-order valence-electron chi connectivity index (χ0n) is 33.7. The SMILES string of the molecule is CCCCCCCCC=CCCCCCCCCOCCN(CCOCCCCCCCCC=CCCCCCCCC)C(=O)CN(C)C. The molecule has 0 aliphatic heterocycles.